The van der Waals surface area contributed by atoms with E-state index in [0.717, 1.165) is 22.2 Å². The Morgan fingerprint density at radius 3 is 2.76 bits per heavy atom. The van der Waals surface area contributed by atoms with E-state index in [4.69, 9.17) is 10.5 Å². The molecule has 4 heteroatoms. The number of hydrogen-bond acceptors (Lipinski definition) is 4. The highest BCUT2D eigenvalue weighted by Gasteiger charge is 2.13. The van der Waals surface area contributed by atoms with Crippen LogP contribution < -0.4 is 10.5 Å². The van der Waals surface area contributed by atoms with E-state index < -0.39 is 0 Å². The summed E-state index contributed by atoms with van der Waals surface area (Å²) in [6.45, 7) is 2.07. The molecule has 2 heterocycles. The molecule has 0 saturated carbocycles. The van der Waals surface area contributed by atoms with Crippen molar-refractivity contribution in [3.63, 3.8) is 0 Å². The highest BCUT2D eigenvalue weighted by molar-refractivity contribution is 5.82. The van der Waals surface area contributed by atoms with E-state index in [1.807, 2.05) is 30.3 Å². The van der Waals surface area contributed by atoms with Gasteiger partial charge in [-0.1, -0.05) is 18.2 Å². The van der Waals surface area contributed by atoms with E-state index in [2.05, 4.69) is 23.0 Å². The first-order valence-electron chi connectivity index (χ1n) is 6.80. The number of fused-ring (bicyclic) bond motifs is 1. The van der Waals surface area contributed by atoms with Gasteiger partial charge in [-0.3, -0.25) is 9.97 Å². The largest absolute Gasteiger partial charge is 0.495 e. The van der Waals surface area contributed by atoms with Crippen LogP contribution in [0.2, 0.25) is 0 Å². The summed E-state index contributed by atoms with van der Waals surface area (Å²) in [5.41, 5.74) is 10.2. The first-order valence-corrected chi connectivity index (χ1v) is 6.80. The fourth-order valence-electron chi connectivity index (χ4n) is 2.42. The predicted molar refractivity (Wildman–Crippen MR) is 83.3 cm³/mol. The molecule has 0 aliphatic rings. The van der Waals surface area contributed by atoms with Gasteiger partial charge < -0.3 is 10.5 Å². The zero-order chi connectivity index (χ0) is 14.8. The van der Waals surface area contributed by atoms with E-state index in [1.165, 1.54) is 5.56 Å². The van der Waals surface area contributed by atoms with E-state index in [-0.39, 0.29) is 6.04 Å². The van der Waals surface area contributed by atoms with Gasteiger partial charge in [0, 0.05) is 11.6 Å². The monoisotopic (exact) mass is 279 g/mol. The minimum absolute atomic E-state index is 0.323. The Kier molecular flexibility index (Phi) is 3.54. The molecule has 0 radical (unpaired) electrons. The number of hydrogen-bond donors (Lipinski definition) is 1. The van der Waals surface area contributed by atoms with Crippen molar-refractivity contribution in [2.45, 2.75) is 13.0 Å². The van der Waals surface area contributed by atoms with Gasteiger partial charge in [-0.05, 0) is 36.2 Å². The number of nitrogens with zero attached hydrogens (tertiary/aromatic N) is 2. The molecule has 3 rings (SSSR count). The second kappa shape index (κ2) is 5.50. The minimum atomic E-state index is -0.323. The van der Waals surface area contributed by atoms with Crippen molar-refractivity contribution in [1.29, 1.82) is 0 Å². The van der Waals surface area contributed by atoms with Gasteiger partial charge in [-0.15, -0.1) is 0 Å². The van der Waals surface area contributed by atoms with Crippen LogP contribution in [0.5, 0.6) is 5.75 Å². The standard InChI is InChI=1S/C17H17N3O/c1-11-7-16(20-15-6-4-3-5-14(11)15)17(18)12-8-13(21-2)10-19-9-12/h3-10,17H,18H2,1-2H3. The fourth-order valence-corrected chi connectivity index (χ4v) is 2.42. The van der Waals surface area contributed by atoms with Crippen LogP contribution in [0.25, 0.3) is 10.9 Å². The van der Waals surface area contributed by atoms with Crippen molar-refractivity contribution >= 4 is 10.9 Å². The van der Waals surface area contributed by atoms with Crippen molar-refractivity contribution in [3.8, 4) is 5.75 Å². The molecule has 0 aliphatic carbocycles. The third-order valence-electron chi connectivity index (χ3n) is 3.59. The molecule has 0 fully saturated rings. The number of aromatic nitrogens is 2. The van der Waals surface area contributed by atoms with Crippen molar-refractivity contribution < 1.29 is 4.74 Å². The molecule has 1 aromatic carbocycles. The van der Waals surface area contributed by atoms with Crippen LogP contribution >= 0.6 is 0 Å². The molecule has 21 heavy (non-hydrogen) atoms. The topological polar surface area (TPSA) is 61.0 Å². The number of aryl methyl sites for hydroxylation is 1. The number of nitrogens with two attached hydrogens (primary N) is 1. The van der Waals surface area contributed by atoms with Crippen LogP contribution in [-0.4, -0.2) is 17.1 Å². The highest BCUT2D eigenvalue weighted by Crippen LogP contribution is 2.25. The van der Waals surface area contributed by atoms with Gasteiger partial charge in [0.1, 0.15) is 5.75 Å². The third kappa shape index (κ3) is 2.58. The number of rotatable bonds is 3. The first-order chi connectivity index (χ1) is 10.2. The lowest BCUT2D eigenvalue weighted by Gasteiger charge is -2.14. The second-order valence-corrected chi connectivity index (χ2v) is 5.02. The molecule has 2 N–H and O–H groups in total. The lowest BCUT2D eigenvalue weighted by Crippen LogP contribution is -2.14. The first kappa shape index (κ1) is 13.5. The lowest BCUT2D eigenvalue weighted by molar-refractivity contribution is 0.412. The number of ether oxygens (including phenoxy) is 1. The summed E-state index contributed by atoms with van der Waals surface area (Å²) in [4.78, 5) is 8.83. The molecule has 0 bridgehead atoms. The Morgan fingerprint density at radius 1 is 1.14 bits per heavy atom. The van der Waals surface area contributed by atoms with Gasteiger partial charge in [0.15, 0.2) is 0 Å². The molecular formula is C17H17N3O. The zero-order valence-electron chi connectivity index (χ0n) is 12.1. The van der Waals surface area contributed by atoms with Crippen LogP contribution in [0.15, 0.2) is 48.8 Å². The Hall–Kier alpha value is -2.46. The van der Waals surface area contributed by atoms with Crippen LogP contribution in [0.4, 0.5) is 0 Å². The van der Waals surface area contributed by atoms with Crippen molar-refractivity contribution in [3.05, 3.63) is 65.6 Å². The molecule has 3 aromatic rings. The van der Waals surface area contributed by atoms with Crippen LogP contribution in [-0.2, 0) is 0 Å². The number of benzene rings is 1. The van der Waals surface area contributed by atoms with Crippen LogP contribution in [0.1, 0.15) is 22.9 Å². The SMILES string of the molecule is COc1cncc(C(N)c2cc(C)c3ccccc3n2)c1. The van der Waals surface area contributed by atoms with Gasteiger partial charge in [-0.2, -0.15) is 0 Å². The summed E-state index contributed by atoms with van der Waals surface area (Å²) in [6, 6.07) is 11.7. The Morgan fingerprint density at radius 2 is 1.95 bits per heavy atom. The average molecular weight is 279 g/mol. The lowest BCUT2D eigenvalue weighted by atomic mass is 10.0. The molecular weight excluding hydrogens is 262 g/mol. The van der Waals surface area contributed by atoms with Gasteiger partial charge in [0.2, 0.25) is 0 Å². The average Bonchev–Trinajstić information content (AvgIpc) is 2.54. The maximum absolute atomic E-state index is 6.34. The van der Waals surface area contributed by atoms with Gasteiger partial charge in [0.05, 0.1) is 30.6 Å². The van der Waals surface area contributed by atoms with Crippen molar-refractivity contribution in [2.75, 3.05) is 7.11 Å². The van der Waals surface area contributed by atoms with Crippen LogP contribution in [0.3, 0.4) is 0 Å². The summed E-state index contributed by atoms with van der Waals surface area (Å²) in [6.07, 6.45) is 3.41. The molecule has 4 nitrogen and oxygen atoms in total. The Bertz CT molecular complexity index is 786. The summed E-state index contributed by atoms with van der Waals surface area (Å²) in [5, 5.41) is 1.15. The molecule has 0 saturated heterocycles. The minimum Gasteiger partial charge on any atom is -0.495 e. The van der Waals surface area contributed by atoms with Gasteiger partial charge in [0.25, 0.3) is 0 Å². The predicted octanol–water partition coefficient (Wildman–Crippen LogP) is 2.99. The zero-order valence-corrected chi connectivity index (χ0v) is 12.1. The molecule has 2 aromatic heterocycles. The maximum atomic E-state index is 6.34. The van der Waals surface area contributed by atoms with E-state index >= 15 is 0 Å². The molecule has 1 atom stereocenters. The summed E-state index contributed by atoms with van der Waals surface area (Å²) < 4.78 is 5.20. The normalized spacial score (nSPS) is 12.3. The van der Waals surface area contributed by atoms with E-state index in [9.17, 15) is 0 Å². The Labute approximate surface area is 123 Å². The summed E-state index contributed by atoms with van der Waals surface area (Å²) in [7, 11) is 1.62. The van der Waals surface area contributed by atoms with Gasteiger partial charge in [-0.25, -0.2) is 0 Å². The summed E-state index contributed by atoms with van der Waals surface area (Å²) in [5.74, 6) is 0.695. The fraction of sp³-hybridized carbons (Fsp3) is 0.176. The van der Waals surface area contributed by atoms with E-state index in [1.54, 1.807) is 19.5 Å². The number of para-hydroxylation sites is 1. The molecule has 0 aliphatic heterocycles. The highest BCUT2D eigenvalue weighted by atomic mass is 16.5. The summed E-state index contributed by atoms with van der Waals surface area (Å²) >= 11 is 0. The number of pyridine rings is 2. The second-order valence-electron chi connectivity index (χ2n) is 5.02. The van der Waals surface area contributed by atoms with Gasteiger partial charge >= 0.3 is 0 Å². The Balaban J connectivity index is 2.06. The maximum Gasteiger partial charge on any atom is 0.137 e. The molecule has 0 spiro atoms. The molecule has 106 valence electrons. The van der Waals surface area contributed by atoms with E-state index in [0.29, 0.717) is 5.75 Å². The van der Waals surface area contributed by atoms with Crippen molar-refractivity contribution in [2.24, 2.45) is 5.73 Å². The van der Waals surface area contributed by atoms with Crippen LogP contribution in [0, 0.1) is 6.92 Å². The third-order valence-corrected chi connectivity index (χ3v) is 3.59. The smallest absolute Gasteiger partial charge is 0.137 e. The van der Waals surface area contributed by atoms with Crippen molar-refractivity contribution in [1.82, 2.24) is 9.97 Å². The quantitative estimate of drug-likeness (QED) is 0.800. The molecule has 0 amide bonds. The number of methoxy groups -OCH3 is 1. The molecule has 1 unspecified atom stereocenters.